The number of carbonyl (C=O) groups excluding carboxylic acids is 1. The Morgan fingerprint density at radius 3 is 2.30 bits per heavy atom. The Morgan fingerprint density at radius 1 is 1.22 bits per heavy atom. The smallest absolute Gasteiger partial charge is 0.225 e. The quantitative estimate of drug-likeness (QED) is 0.814. The summed E-state index contributed by atoms with van der Waals surface area (Å²) in [5, 5.41) is 6.86. The number of hydrogen-bond acceptors (Lipinski definition) is 2. The van der Waals surface area contributed by atoms with Gasteiger partial charge in [-0.25, -0.2) is 4.39 Å². The van der Waals surface area contributed by atoms with Crippen molar-refractivity contribution in [1.29, 1.82) is 0 Å². The molecule has 0 saturated carbocycles. The average Bonchev–Trinajstić information content (AvgIpc) is 2.49. The van der Waals surface area contributed by atoms with Crippen LogP contribution in [0.15, 0.2) is 24.3 Å². The second-order valence-electron chi connectivity index (χ2n) is 6.92. The predicted molar refractivity (Wildman–Crippen MR) is 94.8 cm³/mol. The molecule has 126 valence electrons. The van der Waals surface area contributed by atoms with Gasteiger partial charge in [-0.3, -0.25) is 4.79 Å². The lowest BCUT2D eigenvalue weighted by Crippen LogP contribution is -2.49. The molecular weight excluding hydrogens is 313 g/mol. The summed E-state index contributed by atoms with van der Waals surface area (Å²) >= 11 is 5.41. The molecule has 0 unspecified atom stereocenters. The number of thiocarbonyl (C=S) groups is 1. The number of piperidine rings is 1. The van der Waals surface area contributed by atoms with E-state index in [1.54, 1.807) is 12.1 Å². The molecule has 0 atom stereocenters. The van der Waals surface area contributed by atoms with Crippen molar-refractivity contribution in [2.24, 2.45) is 5.41 Å². The maximum Gasteiger partial charge on any atom is 0.225 e. The van der Waals surface area contributed by atoms with Crippen molar-refractivity contribution < 1.29 is 9.18 Å². The van der Waals surface area contributed by atoms with E-state index in [0.717, 1.165) is 31.6 Å². The van der Waals surface area contributed by atoms with Crippen molar-refractivity contribution in [2.45, 2.75) is 39.7 Å². The van der Waals surface area contributed by atoms with Gasteiger partial charge in [0.15, 0.2) is 5.11 Å². The van der Waals surface area contributed by atoms with Crippen LogP contribution in [0.1, 0.15) is 33.6 Å². The standard InChI is InChI=1S/C17H24FN3OS/c1-17(2,3)15(22)19-14-8-10-21(11-9-14)16(23)20-13-6-4-12(18)5-7-13/h4-7,14H,8-11H2,1-3H3,(H,19,22)(H,20,23). The summed E-state index contributed by atoms with van der Waals surface area (Å²) in [7, 11) is 0. The third-order valence-corrected chi connectivity index (χ3v) is 4.25. The summed E-state index contributed by atoms with van der Waals surface area (Å²) in [4.78, 5) is 14.1. The number of nitrogens with zero attached hydrogens (tertiary/aromatic N) is 1. The lowest BCUT2D eigenvalue weighted by Gasteiger charge is -2.35. The Hall–Kier alpha value is -1.69. The van der Waals surface area contributed by atoms with Crippen molar-refractivity contribution in [3.63, 3.8) is 0 Å². The van der Waals surface area contributed by atoms with Gasteiger partial charge in [-0.15, -0.1) is 0 Å². The van der Waals surface area contributed by atoms with Gasteiger partial charge in [0.05, 0.1) is 0 Å². The Morgan fingerprint density at radius 2 is 1.78 bits per heavy atom. The van der Waals surface area contributed by atoms with Crippen LogP contribution < -0.4 is 10.6 Å². The van der Waals surface area contributed by atoms with Crippen LogP contribution in [0.5, 0.6) is 0 Å². The molecule has 0 bridgehead atoms. The Balaban J connectivity index is 1.81. The van der Waals surface area contributed by atoms with Crippen molar-refractivity contribution in [2.75, 3.05) is 18.4 Å². The number of carbonyl (C=O) groups is 1. The number of halogens is 1. The van der Waals surface area contributed by atoms with Gasteiger partial charge in [-0.05, 0) is 49.3 Å². The number of benzene rings is 1. The predicted octanol–water partition coefficient (Wildman–Crippen LogP) is 3.15. The van der Waals surface area contributed by atoms with Crippen LogP contribution in [-0.2, 0) is 4.79 Å². The molecule has 23 heavy (non-hydrogen) atoms. The molecule has 1 heterocycles. The van der Waals surface area contributed by atoms with E-state index < -0.39 is 0 Å². The van der Waals surface area contributed by atoms with Crippen molar-refractivity contribution >= 4 is 28.9 Å². The molecule has 2 rings (SSSR count). The molecule has 1 saturated heterocycles. The summed E-state index contributed by atoms with van der Waals surface area (Å²) in [5.74, 6) is -0.181. The van der Waals surface area contributed by atoms with Gasteiger partial charge >= 0.3 is 0 Å². The van der Waals surface area contributed by atoms with E-state index in [1.165, 1.54) is 12.1 Å². The van der Waals surface area contributed by atoms with Crippen molar-refractivity contribution in [3.05, 3.63) is 30.1 Å². The average molecular weight is 337 g/mol. The van der Waals surface area contributed by atoms with Crippen LogP contribution in [0, 0.1) is 11.2 Å². The van der Waals surface area contributed by atoms with Crippen LogP contribution in [0.25, 0.3) is 0 Å². The molecule has 1 fully saturated rings. The lowest BCUT2D eigenvalue weighted by molar-refractivity contribution is -0.129. The Bertz CT molecular complexity index is 560. The zero-order chi connectivity index (χ0) is 17.0. The highest BCUT2D eigenvalue weighted by atomic mass is 32.1. The highest BCUT2D eigenvalue weighted by Gasteiger charge is 2.27. The molecule has 1 aliphatic rings. The second kappa shape index (κ2) is 7.25. The third-order valence-electron chi connectivity index (χ3n) is 3.89. The van der Waals surface area contributed by atoms with Crippen LogP contribution in [0.3, 0.4) is 0 Å². The molecule has 0 spiro atoms. The summed E-state index contributed by atoms with van der Waals surface area (Å²) in [6.07, 6.45) is 1.74. The Kier molecular flexibility index (Phi) is 5.57. The number of hydrogen-bond donors (Lipinski definition) is 2. The third kappa shape index (κ3) is 5.16. The van der Waals surface area contributed by atoms with E-state index >= 15 is 0 Å². The fourth-order valence-corrected chi connectivity index (χ4v) is 2.66. The van der Waals surface area contributed by atoms with E-state index in [9.17, 15) is 9.18 Å². The lowest BCUT2D eigenvalue weighted by atomic mass is 9.94. The minimum absolute atomic E-state index is 0.0861. The molecule has 1 aliphatic heterocycles. The highest BCUT2D eigenvalue weighted by Crippen LogP contribution is 2.17. The van der Waals surface area contributed by atoms with Crippen molar-refractivity contribution in [1.82, 2.24) is 10.2 Å². The zero-order valence-corrected chi connectivity index (χ0v) is 14.7. The van der Waals surface area contributed by atoms with Gasteiger partial charge in [0.2, 0.25) is 5.91 Å². The first kappa shape index (κ1) is 17.7. The normalized spacial score (nSPS) is 16.1. The van der Waals surface area contributed by atoms with Crippen LogP contribution in [0.4, 0.5) is 10.1 Å². The minimum Gasteiger partial charge on any atom is -0.353 e. The fraction of sp³-hybridized carbons (Fsp3) is 0.529. The molecule has 2 N–H and O–H groups in total. The first-order valence-corrected chi connectivity index (χ1v) is 8.29. The summed E-state index contributed by atoms with van der Waals surface area (Å²) < 4.78 is 12.9. The maximum atomic E-state index is 12.9. The highest BCUT2D eigenvalue weighted by molar-refractivity contribution is 7.80. The van der Waals surface area contributed by atoms with Crippen molar-refractivity contribution in [3.8, 4) is 0 Å². The number of rotatable bonds is 2. The largest absolute Gasteiger partial charge is 0.353 e. The van der Waals surface area contributed by atoms with Gasteiger partial charge < -0.3 is 15.5 Å². The number of amides is 1. The summed E-state index contributed by atoms with van der Waals surface area (Å²) in [6.45, 7) is 7.34. The minimum atomic E-state index is -0.365. The van der Waals surface area contributed by atoms with E-state index in [1.807, 2.05) is 20.8 Å². The van der Waals surface area contributed by atoms with Gasteiger partial charge in [-0.2, -0.15) is 0 Å². The molecule has 0 aliphatic carbocycles. The topological polar surface area (TPSA) is 44.4 Å². The monoisotopic (exact) mass is 337 g/mol. The number of likely N-dealkylation sites (tertiary alicyclic amines) is 1. The van der Waals surface area contributed by atoms with Crippen LogP contribution in [0.2, 0.25) is 0 Å². The molecule has 1 aromatic carbocycles. The fourth-order valence-electron chi connectivity index (χ4n) is 2.36. The van der Waals surface area contributed by atoms with E-state index in [0.29, 0.717) is 5.11 Å². The van der Waals surface area contributed by atoms with E-state index in [4.69, 9.17) is 12.2 Å². The summed E-state index contributed by atoms with van der Waals surface area (Å²) in [6, 6.07) is 6.33. The van der Waals surface area contributed by atoms with Crippen LogP contribution in [-0.4, -0.2) is 35.1 Å². The van der Waals surface area contributed by atoms with E-state index in [-0.39, 0.29) is 23.2 Å². The molecule has 0 aromatic heterocycles. The second-order valence-corrected chi connectivity index (χ2v) is 7.31. The van der Waals surface area contributed by atoms with Crippen LogP contribution >= 0.6 is 12.2 Å². The molecule has 6 heteroatoms. The van der Waals surface area contributed by atoms with Gasteiger partial charge in [0.25, 0.3) is 0 Å². The first-order chi connectivity index (χ1) is 10.8. The SMILES string of the molecule is CC(C)(C)C(=O)NC1CCN(C(=S)Nc2ccc(F)cc2)CC1. The Labute approximate surface area is 142 Å². The summed E-state index contributed by atoms with van der Waals surface area (Å²) in [5.41, 5.74) is 0.413. The first-order valence-electron chi connectivity index (χ1n) is 7.88. The van der Waals surface area contributed by atoms with E-state index in [2.05, 4.69) is 15.5 Å². The maximum absolute atomic E-state index is 12.9. The van der Waals surface area contributed by atoms with Gasteiger partial charge in [0, 0.05) is 30.2 Å². The number of nitrogens with one attached hydrogen (secondary N) is 2. The van der Waals surface area contributed by atoms with Gasteiger partial charge in [0.1, 0.15) is 5.82 Å². The zero-order valence-electron chi connectivity index (χ0n) is 13.9. The molecule has 0 radical (unpaired) electrons. The molecule has 4 nitrogen and oxygen atoms in total. The van der Waals surface area contributed by atoms with Gasteiger partial charge in [-0.1, -0.05) is 20.8 Å². The number of anilines is 1. The molecular formula is C17H24FN3OS. The molecule has 1 amide bonds. The molecule has 1 aromatic rings.